The van der Waals surface area contributed by atoms with Gasteiger partial charge in [-0.25, -0.2) is 4.98 Å². The molecule has 78 valence electrons. The third-order valence-electron chi connectivity index (χ3n) is 2.52. The Morgan fingerprint density at radius 2 is 2.57 bits per heavy atom. The molecule has 0 bridgehead atoms. The van der Waals surface area contributed by atoms with Gasteiger partial charge in [0, 0.05) is 30.2 Å². The normalized spacial score (nSPS) is 22.4. The van der Waals surface area contributed by atoms with Crippen LogP contribution in [0.4, 0.5) is 0 Å². The molecule has 0 amide bonds. The van der Waals surface area contributed by atoms with E-state index in [-0.39, 0.29) is 0 Å². The van der Waals surface area contributed by atoms with E-state index in [0.717, 1.165) is 18.3 Å². The van der Waals surface area contributed by atoms with Gasteiger partial charge in [0.25, 0.3) is 0 Å². The van der Waals surface area contributed by atoms with Gasteiger partial charge < -0.3 is 10.3 Å². The molecule has 0 radical (unpaired) electrons. The molecule has 4 heteroatoms. The lowest BCUT2D eigenvalue weighted by atomic mass is 10.2. The zero-order valence-corrected chi connectivity index (χ0v) is 9.15. The zero-order chi connectivity index (χ0) is 9.64. The number of H-pyrrole nitrogens is 1. The van der Waals surface area contributed by atoms with Crippen molar-refractivity contribution in [2.75, 3.05) is 12.3 Å². The van der Waals surface area contributed by atoms with Gasteiger partial charge in [0.2, 0.25) is 0 Å². The van der Waals surface area contributed by atoms with Gasteiger partial charge in [0.05, 0.1) is 6.33 Å². The summed E-state index contributed by atoms with van der Waals surface area (Å²) in [7, 11) is 0. The molecule has 2 rings (SSSR count). The maximum absolute atomic E-state index is 3.99. The van der Waals surface area contributed by atoms with Gasteiger partial charge in [0.1, 0.15) is 0 Å². The molecule has 1 atom stereocenters. The molecule has 1 aliphatic rings. The van der Waals surface area contributed by atoms with E-state index < -0.39 is 0 Å². The first-order chi connectivity index (χ1) is 6.95. The van der Waals surface area contributed by atoms with Crippen LogP contribution in [0.3, 0.4) is 0 Å². The molecular weight excluding hydrogens is 194 g/mol. The van der Waals surface area contributed by atoms with Crippen LogP contribution in [0.15, 0.2) is 12.5 Å². The molecule has 1 unspecified atom stereocenters. The molecule has 1 fully saturated rings. The number of hydrogen-bond acceptors (Lipinski definition) is 3. The fourth-order valence-electron chi connectivity index (χ4n) is 1.72. The fourth-order valence-corrected chi connectivity index (χ4v) is 2.99. The molecule has 0 saturated carbocycles. The Labute approximate surface area is 89.1 Å². The molecule has 2 N–H and O–H groups in total. The maximum Gasteiger partial charge on any atom is 0.0922 e. The molecule has 14 heavy (non-hydrogen) atoms. The molecular formula is C10H17N3S. The van der Waals surface area contributed by atoms with E-state index in [1.807, 2.05) is 6.20 Å². The quantitative estimate of drug-likeness (QED) is 0.797. The molecule has 1 aromatic heterocycles. The van der Waals surface area contributed by atoms with Crippen molar-refractivity contribution in [3.63, 3.8) is 0 Å². The molecule has 3 nitrogen and oxygen atoms in total. The van der Waals surface area contributed by atoms with Crippen molar-refractivity contribution < 1.29 is 0 Å². The second-order valence-electron chi connectivity index (χ2n) is 3.70. The predicted molar refractivity (Wildman–Crippen MR) is 60.4 cm³/mol. The number of nitrogens with one attached hydrogen (secondary N) is 2. The Morgan fingerprint density at radius 1 is 1.57 bits per heavy atom. The van der Waals surface area contributed by atoms with Crippen LogP contribution in [0.1, 0.15) is 25.0 Å². The first-order valence-corrected chi connectivity index (χ1v) is 6.29. The van der Waals surface area contributed by atoms with E-state index in [9.17, 15) is 0 Å². The highest BCUT2D eigenvalue weighted by atomic mass is 32.2. The molecule has 2 heterocycles. The summed E-state index contributed by atoms with van der Waals surface area (Å²) in [6, 6.07) is 0. The van der Waals surface area contributed by atoms with E-state index in [1.54, 1.807) is 6.33 Å². The zero-order valence-electron chi connectivity index (χ0n) is 8.33. The van der Waals surface area contributed by atoms with E-state index in [0.29, 0.717) is 0 Å². The number of thioether (sulfide) groups is 1. The van der Waals surface area contributed by atoms with Crippen molar-refractivity contribution in [1.29, 1.82) is 0 Å². The molecule has 1 saturated heterocycles. The van der Waals surface area contributed by atoms with Crippen LogP contribution in [-0.4, -0.2) is 27.5 Å². The van der Waals surface area contributed by atoms with Gasteiger partial charge in [-0.2, -0.15) is 11.8 Å². The van der Waals surface area contributed by atoms with Crippen molar-refractivity contribution in [1.82, 2.24) is 15.3 Å². The lowest BCUT2D eigenvalue weighted by molar-refractivity contribution is 0.594. The number of imidazole rings is 1. The highest BCUT2D eigenvalue weighted by Gasteiger charge is 2.12. The van der Waals surface area contributed by atoms with Gasteiger partial charge in [-0.3, -0.25) is 0 Å². The van der Waals surface area contributed by atoms with E-state index in [1.165, 1.54) is 30.7 Å². The third-order valence-corrected chi connectivity index (χ3v) is 3.91. The van der Waals surface area contributed by atoms with Crippen molar-refractivity contribution in [3.8, 4) is 0 Å². The minimum Gasteiger partial charge on any atom is -0.347 e. The summed E-state index contributed by atoms with van der Waals surface area (Å²) in [5.74, 6) is 1.34. The van der Waals surface area contributed by atoms with Crippen molar-refractivity contribution >= 4 is 11.8 Å². The van der Waals surface area contributed by atoms with Gasteiger partial charge >= 0.3 is 0 Å². The van der Waals surface area contributed by atoms with Crippen LogP contribution >= 0.6 is 11.8 Å². The molecule has 0 aliphatic carbocycles. The Bertz CT molecular complexity index is 242. The largest absolute Gasteiger partial charge is 0.347 e. The summed E-state index contributed by atoms with van der Waals surface area (Å²) in [5, 5.41) is 4.29. The van der Waals surface area contributed by atoms with Crippen molar-refractivity contribution in [2.45, 2.75) is 31.1 Å². The number of rotatable bonds is 4. The van der Waals surface area contributed by atoms with E-state index in [4.69, 9.17) is 0 Å². The average Bonchev–Trinajstić information content (AvgIpc) is 2.72. The average molecular weight is 211 g/mol. The maximum atomic E-state index is 3.99. The van der Waals surface area contributed by atoms with E-state index in [2.05, 4.69) is 27.0 Å². The summed E-state index contributed by atoms with van der Waals surface area (Å²) in [4.78, 5) is 7.08. The Morgan fingerprint density at radius 3 is 3.29 bits per heavy atom. The fraction of sp³-hybridized carbons (Fsp3) is 0.700. The lowest BCUT2D eigenvalue weighted by Crippen LogP contribution is -2.26. The summed E-state index contributed by atoms with van der Waals surface area (Å²) >= 11 is 2.11. The summed E-state index contributed by atoms with van der Waals surface area (Å²) in [5.41, 5.74) is 1.17. The number of nitrogens with zero attached hydrogens (tertiary/aromatic N) is 1. The molecule has 1 aromatic rings. The minimum atomic E-state index is 0.826. The monoisotopic (exact) mass is 211 g/mol. The number of aromatic nitrogens is 2. The topological polar surface area (TPSA) is 40.7 Å². The summed E-state index contributed by atoms with van der Waals surface area (Å²) < 4.78 is 0. The second-order valence-corrected chi connectivity index (χ2v) is 5.10. The highest BCUT2D eigenvalue weighted by Crippen LogP contribution is 2.24. The SMILES string of the molecule is c1ncc(CNCC2CCCCS2)[nH]1. The summed E-state index contributed by atoms with van der Waals surface area (Å²) in [6.45, 7) is 2.04. The highest BCUT2D eigenvalue weighted by molar-refractivity contribution is 7.99. The van der Waals surface area contributed by atoms with Gasteiger partial charge in [-0.05, 0) is 18.6 Å². The van der Waals surface area contributed by atoms with E-state index >= 15 is 0 Å². The molecule has 0 spiro atoms. The first-order valence-electron chi connectivity index (χ1n) is 5.25. The van der Waals surface area contributed by atoms with Crippen LogP contribution in [0.25, 0.3) is 0 Å². The van der Waals surface area contributed by atoms with Crippen LogP contribution in [0.5, 0.6) is 0 Å². The molecule has 0 aromatic carbocycles. The summed E-state index contributed by atoms with van der Waals surface area (Å²) in [6.07, 6.45) is 7.79. The number of hydrogen-bond donors (Lipinski definition) is 2. The Kier molecular flexibility index (Phi) is 3.89. The predicted octanol–water partition coefficient (Wildman–Crippen LogP) is 1.78. The first kappa shape index (κ1) is 10.1. The Balaban J connectivity index is 1.62. The van der Waals surface area contributed by atoms with Crippen molar-refractivity contribution in [2.24, 2.45) is 0 Å². The van der Waals surface area contributed by atoms with Crippen LogP contribution in [-0.2, 0) is 6.54 Å². The van der Waals surface area contributed by atoms with Gasteiger partial charge in [-0.1, -0.05) is 6.42 Å². The van der Waals surface area contributed by atoms with Crippen molar-refractivity contribution in [3.05, 3.63) is 18.2 Å². The third kappa shape index (κ3) is 3.03. The van der Waals surface area contributed by atoms with Gasteiger partial charge in [0.15, 0.2) is 0 Å². The second kappa shape index (κ2) is 5.41. The van der Waals surface area contributed by atoms with Crippen LogP contribution in [0.2, 0.25) is 0 Å². The van der Waals surface area contributed by atoms with Crippen LogP contribution in [0, 0.1) is 0 Å². The standard InChI is InChI=1S/C10H17N3S/c1-2-4-14-10(3-1)7-11-5-9-6-12-8-13-9/h6,8,10-11H,1-5,7H2,(H,12,13). The minimum absolute atomic E-state index is 0.826. The van der Waals surface area contributed by atoms with Gasteiger partial charge in [-0.15, -0.1) is 0 Å². The molecule has 1 aliphatic heterocycles. The lowest BCUT2D eigenvalue weighted by Gasteiger charge is -2.21. The number of aromatic amines is 1. The van der Waals surface area contributed by atoms with Crippen LogP contribution < -0.4 is 5.32 Å². The Hall–Kier alpha value is -0.480. The smallest absolute Gasteiger partial charge is 0.0922 e.